The topological polar surface area (TPSA) is 38.0 Å². The van der Waals surface area contributed by atoms with Crippen molar-refractivity contribution in [3.63, 3.8) is 0 Å². The normalized spacial score (nSPS) is 11.7. The van der Waals surface area contributed by atoms with Crippen LogP contribution in [0.2, 0.25) is 5.02 Å². The summed E-state index contributed by atoms with van der Waals surface area (Å²) in [6.07, 6.45) is 0.540. The summed E-state index contributed by atoms with van der Waals surface area (Å²) >= 11 is 5.90. The maximum atomic E-state index is 12.8. The van der Waals surface area contributed by atoms with Crippen molar-refractivity contribution in [1.82, 2.24) is 5.43 Å². The molecule has 1 aromatic carbocycles. The summed E-state index contributed by atoms with van der Waals surface area (Å²) < 4.78 is 12.8. The second kappa shape index (κ2) is 5.72. The molecule has 1 atom stereocenters. The van der Waals surface area contributed by atoms with Gasteiger partial charge in [-0.3, -0.25) is 11.3 Å². The lowest BCUT2D eigenvalue weighted by atomic mass is 10.0. The first-order valence-corrected chi connectivity index (χ1v) is 4.87. The van der Waals surface area contributed by atoms with Crippen LogP contribution in [0.4, 0.5) is 4.39 Å². The van der Waals surface area contributed by atoms with Crippen LogP contribution in [-0.4, -0.2) is 0 Å². The molecule has 80 valence electrons. The highest BCUT2D eigenvalue weighted by Gasteiger charge is 2.12. The fourth-order valence-corrected chi connectivity index (χ4v) is 1.55. The van der Waals surface area contributed by atoms with E-state index in [-0.39, 0.29) is 11.9 Å². The molecule has 4 heteroatoms. The van der Waals surface area contributed by atoms with Gasteiger partial charge in [0.2, 0.25) is 0 Å². The van der Waals surface area contributed by atoms with Gasteiger partial charge >= 0.3 is 0 Å². The Hall–Kier alpha value is -1.08. The SMILES string of the molecule is CC#CCC(NN)c1ccc(F)cc1Cl. The summed E-state index contributed by atoms with van der Waals surface area (Å²) in [7, 11) is 0. The molecule has 2 nitrogen and oxygen atoms in total. The monoisotopic (exact) mass is 226 g/mol. The number of nitrogens with one attached hydrogen (secondary N) is 1. The fraction of sp³-hybridized carbons (Fsp3) is 0.273. The van der Waals surface area contributed by atoms with E-state index in [9.17, 15) is 4.39 Å². The molecule has 0 saturated carbocycles. The maximum absolute atomic E-state index is 12.8. The van der Waals surface area contributed by atoms with Gasteiger partial charge < -0.3 is 0 Å². The molecular weight excluding hydrogens is 215 g/mol. The van der Waals surface area contributed by atoms with Crippen LogP contribution in [0, 0.1) is 17.7 Å². The van der Waals surface area contributed by atoms with Crippen molar-refractivity contribution in [3.05, 3.63) is 34.6 Å². The molecule has 1 unspecified atom stereocenters. The summed E-state index contributed by atoms with van der Waals surface area (Å²) in [6, 6.07) is 4.05. The largest absolute Gasteiger partial charge is 0.271 e. The van der Waals surface area contributed by atoms with E-state index in [1.165, 1.54) is 12.1 Å². The molecule has 0 aliphatic heterocycles. The first-order chi connectivity index (χ1) is 7.19. The molecule has 0 saturated heterocycles. The van der Waals surface area contributed by atoms with Crippen molar-refractivity contribution in [3.8, 4) is 11.8 Å². The summed E-state index contributed by atoms with van der Waals surface area (Å²) in [4.78, 5) is 0. The Kier molecular flexibility index (Phi) is 4.57. The van der Waals surface area contributed by atoms with Crippen molar-refractivity contribution in [1.29, 1.82) is 0 Å². The van der Waals surface area contributed by atoms with E-state index in [1.807, 2.05) is 0 Å². The predicted octanol–water partition coefficient (Wildman–Crippen LogP) is 2.40. The minimum absolute atomic E-state index is 0.175. The number of nitrogens with two attached hydrogens (primary N) is 1. The highest BCUT2D eigenvalue weighted by Crippen LogP contribution is 2.25. The number of hydrogen-bond donors (Lipinski definition) is 2. The summed E-state index contributed by atoms with van der Waals surface area (Å²) in [6.45, 7) is 1.75. The Bertz CT molecular complexity index is 395. The lowest BCUT2D eigenvalue weighted by Gasteiger charge is -2.14. The number of hydrazine groups is 1. The molecule has 3 N–H and O–H groups in total. The van der Waals surface area contributed by atoms with Crippen LogP contribution < -0.4 is 11.3 Å². The van der Waals surface area contributed by atoms with Gasteiger partial charge in [-0.15, -0.1) is 11.8 Å². The minimum atomic E-state index is -0.360. The van der Waals surface area contributed by atoms with Crippen molar-refractivity contribution in [2.75, 3.05) is 0 Å². The second-order valence-corrected chi connectivity index (χ2v) is 3.42. The average Bonchev–Trinajstić information content (AvgIpc) is 2.21. The van der Waals surface area contributed by atoms with E-state index in [0.29, 0.717) is 11.4 Å². The van der Waals surface area contributed by atoms with E-state index < -0.39 is 0 Å². The third kappa shape index (κ3) is 3.21. The Balaban J connectivity index is 2.94. The molecule has 0 aliphatic carbocycles. The molecular formula is C11H12ClFN2. The zero-order valence-electron chi connectivity index (χ0n) is 8.35. The van der Waals surface area contributed by atoms with Gasteiger partial charge in [0.1, 0.15) is 5.82 Å². The molecule has 0 fully saturated rings. The molecule has 1 aromatic rings. The van der Waals surface area contributed by atoms with E-state index in [4.69, 9.17) is 17.4 Å². The molecule has 0 aliphatic rings. The average molecular weight is 227 g/mol. The smallest absolute Gasteiger partial charge is 0.124 e. The third-order valence-corrected chi connectivity index (χ3v) is 2.35. The van der Waals surface area contributed by atoms with Crippen LogP contribution in [0.3, 0.4) is 0 Å². The lowest BCUT2D eigenvalue weighted by molar-refractivity contribution is 0.564. The zero-order valence-corrected chi connectivity index (χ0v) is 9.11. The van der Waals surface area contributed by atoms with Gasteiger partial charge in [0.05, 0.1) is 6.04 Å². The fourth-order valence-electron chi connectivity index (χ4n) is 1.25. The maximum Gasteiger partial charge on any atom is 0.124 e. The Morgan fingerprint density at radius 1 is 1.60 bits per heavy atom. The molecule has 15 heavy (non-hydrogen) atoms. The second-order valence-electron chi connectivity index (χ2n) is 3.02. The van der Waals surface area contributed by atoms with Gasteiger partial charge in [0, 0.05) is 11.4 Å². The number of benzene rings is 1. The van der Waals surface area contributed by atoms with Crippen molar-refractivity contribution >= 4 is 11.6 Å². The molecule has 0 heterocycles. The van der Waals surface area contributed by atoms with Gasteiger partial charge in [0.15, 0.2) is 0 Å². The van der Waals surface area contributed by atoms with Gasteiger partial charge in [0.25, 0.3) is 0 Å². The van der Waals surface area contributed by atoms with Crippen LogP contribution in [-0.2, 0) is 0 Å². The standard InChI is InChI=1S/C11H12ClFN2/c1-2-3-4-11(15-14)9-6-5-8(13)7-10(9)12/h5-7,11,15H,4,14H2,1H3. The molecule has 0 aromatic heterocycles. The van der Waals surface area contributed by atoms with Crippen LogP contribution in [0.1, 0.15) is 24.9 Å². The molecule has 0 bridgehead atoms. The summed E-state index contributed by atoms with van der Waals surface area (Å²) in [5.41, 5.74) is 3.36. The highest BCUT2D eigenvalue weighted by atomic mass is 35.5. The molecule has 0 radical (unpaired) electrons. The van der Waals surface area contributed by atoms with Crippen molar-refractivity contribution < 1.29 is 4.39 Å². The van der Waals surface area contributed by atoms with Crippen LogP contribution >= 0.6 is 11.6 Å². The van der Waals surface area contributed by atoms with Crippen molar-refractivity contribution in [2.24, 2.45) is 5.84 Å². The van der Waals surface area contributed by atoms with E-state index in [2.05, 4.69) is 17.3 Å². The van der Waals surface area contributed by atoms with Gasteiger partial charge in [-0.1, -0.05) is 17.7 Å². The first kappa shape index (κ1) is 12.0. The predicted molar refractivity (Wildman–Crippen MR) is 59.5 cm³/mol. The van der Waals surface area contributed by atoms with Crippen molar-refractivity contribution in [2.45, 2.75) is 19.4 Å². The van der Waals surface area contributed by atoms with Gasteiger partial charge in [-0.2, -0.15) is 0 Å². The highest BCUT2D eigenvalue weighted by molar-refractivity contribution is 6.31. The Morgan fingerprint density at radius 2 is 2.33 bits per heavy atom. The quantitative estimate of drug-likeness (QED) is 0.472. The van der Waals surface area contributed by atoms with E-state index in [1.54, 1.807) is 13.0 Å². The number of hydrogen-bond acceptors (Lipinski definition) is 2. The molecule has 1 rings (SSSR count). The third-order valence-electron chi connectivity index (χ3n) is 2.02. The van der Waals surface area contributed by atoms with Gasteiger partial charge in [-0.25, -0.2) is 4.39 Å². The summed E-state index contributed by atoms with van der Waals surface area (Å²) in [5, 5.41) is 0.357. The molecule has 0 amide bonds. The lowest BCUT2D eigenvalue weighted by Crippen LogP contribution is -2.27. The molecule has 0 spiro atoms. The number of rotatable bonds is 3. The Morgan fingerprint density at radius 3 is 2.87 bits per heavy atom. The van der Waals surface area contributed by atoms with Crippen LogP contribution in [0.15, 0.2) is 18.2 Å². The summed E-state index contributed by atoms with van der Waals surface area (Å²) in [5.74, 6) is 10.7. The zero-order chi connectivity index (χ0) is 11.3. The van der Waals surface area contributed by atoms with E-state index in [0.717, 1.165) is 5.56 Å². The minimum Gasteiger partial charge on any atom is -0.271 e. The van der Waals surface area contributed by atoms with Crippen LogP contribution in [0.25, 0.3) is 0 Å². The van der Waals surface area contributed by atoms with Gasteiger partial charge in [-0.05, 0) is 24.6 Å². The number of halogens is 2. The van der Waals surface area contributed by atoms with E-state index >= 15 is 0 Å². The Labute approximate surface area is 93.6 Å². The first-order valence-electron chi connectivity index (χ1n) is 4.49. The van der Waals surface area contributed by atoms with Crippen LogP contribution in [0.5, 0.6) is 0 Å².